The molecule has 2 heterocycles. The van der Waals surface area contributed by atoms with Gasteiger partial charge < -0.3 is 30.2 Å². The number of aromatic nitrogens is 1. The van der Waals surface area contributed by atoms with Crippen LogP contribution in [0, 0.1) is 28.9 Å². The standard InChI is InChI=1S/C35H35F2N5O5/c1-35(2,3)47-34(44)41-30-10-11-42(18-28(30)33(39)43)31-26-14-20(25-7-5-6-21(16-38)32(25)46-19-45-4)8-9-29(26)40-17-27(31)22-12-23(36)15-24(37)13-22/h5-9,12-15,17,28,30H,10-11,18-19H2,1-4H3,(H2,39,43)(H,41,44)/t28-,30-/m1/s1. The van der Waals surface area contributed by atoms with Gasteiger partial charge in [-0.15, -0.1) is 0 Å². The number of para-hydroxylation sites is 1. The summed E-state index contributed by atoms with van der Waals surface area (Å²) in [4.78, 5) is 31.9. The van der Waals surface area contributed by atoms with Crippen LogP contribution in [0.2, 0.25) is 0 Å². The van der Waals surface area contributed by atoms with E-state index in [2.05, 4.69) is 16.4 Å². The summed E-state index contributed by atoms with van der Waals surface area (Å²) in [5, 5.41) is 13.2. The molecule has 244 valence electrons. The van der Waals surface area contributed by atoms with E-state index in [4.69, 9.17) is 19.9 Å². The van der Waals surface area contributed by atoms with Crippen molar-refractivity contribution >= 4 is 28.6 Å². The number of fused-ring (bicyclic) bond motifs is 1. The van der Waals surface area contributed by atoms with Gasteiger partial charge in [-0.25, -0.2) is 13.6 Å². The highest BCUT2D eigenvalue weighted by atomic mass is 19.1. The fourth-order valence-corrected chi connectivity index (χ4v) is 5.81. The van der Waals surface area contributed by atoms with Crippen LogP contribution in [0.1, 0.15) is 32.8 Å². The maximum atomic E-state index is 14.5. The Kier molecular flexibility index (Phi) is 9.58. The zero-order valence-corrected chi connectivity index (χ0v) is 26.5. The molecule has 0 spiro atoms. The maximum absolute atomic E-state index is 14.5. The van der Waals surface area contributed by atoms with E-state index in [1.807, 2.05) is 23.1 Å². The Morgan fingerprint density at radius 2 is 1.83 bits per heavy atom. The number of nitrogens with two attached hydrogens (primary N) is 1. The lowest BCUT2D eigenvalue weighted by atomic mass is 9.89. The fourth-order valence-electron chi connectivity index (χ4n) is 5.81. The summed E-state index contributed by atoms with van der Waals surface area (Å²) in [5.74, 6) is -2.63. The Labute approximate surface area is 271 Å². The summed E-state index contributed by atoms with van der Waals surface area (Å²) in [6, 6.07) is 15.4. The Morgan fingerprint density at radius 1 is 1.09 bits per heavy atom. The molecule has 3 aromatic carbocycles. The molecule has 2 atom stereocenters. The van der Waals surface area contributed by atoms with Crippen LogP contribution in [-0.2, 0) is 14.3 Å². The minimum Gasteiger partial charge on any atom is -0.466 e. The SMILES string of the molecule is COCOc1c(C#N)cccc1-c1ccc2ncc(-c3cc(F)cc(F)c3)c(N3CC[C@@H](NC(=O)OC(C)(C)C)[C@H](C(N)=O)C3)c2c1. The number of methoxy groups -OCH3 is 1. The van der Waals surface area contributed by atoms with Gasteiger partial charge in [-0.1, -0.05) is 18.2 Å². The van der Waals surface area contributed by atoms with Gasteiger partial charge in [0, 0.05) is 55.0 Å². The minimum absolute atomic E-state index is 0.0812. The summed E-state index contributed by atoms with van der Waals surface area (Å²) in [7, 11) is 1.48. The van der Waals surface area contributed by atoms with Crippen LogP contribution >= 0.6 is 0 Å². The number of rotatable bonds is 8. The van der Waals surface area contributed by atoms with Crippen LogP contribution in [0.3, 0.4) is 0 Å². The van der Waals surface area contributed by atoms with Crippen molar-refractivity contribution < 1.29 is 32.6 Å². The fraction of sp³-hybridized carbons (Fsp3) is 0.314. The van der Waals surface area contributed by atoms with Crippen molar-refractivity contribution in [3.05, 3.63) is 78.0 Å². The smallest absolute Gasteiger partial charge is 0.407 e. The molecular formula is C35H35F2N5O5. The Hall–Kier alpha value is -5.28. The molecule has 4 aromatic rings. The number of benzene rings is 3. The molecule has 1 aliphatic rings. The number of carbonyl (C=O) groups excluding carboxylic acids is 2. The highest BCUT2D eigenvalue weighted by molar-refractivity contribution is 6.02. The first-order valence-electron chi connectivity index (χ1n) is 15.0. The van der Waals surface area contributed by atoms with Crippen molar-refractivity contribution in [1.82, 2.24) is 10.3 Å². The number of nitrogens with one attached hydrogen (secondary N) is 1. The van der Waals surface area contributed by atoms with Crippen LogP contribution in [0.5, 0.6) is 5.75 Å². The summed E-state index contributed by atoms with van der Waals surface area (Å²) in [5.41, 5.74) is 8.55. The Morgan fingerprint density at radius 3 is 2.49 bits per heavy atom. The monoisotopic (exact) mass is 643 g/mol. The molecule has 1 fully saturated rings. The lowest BCUT2D eigenvalue weighted by molar-refractivity contribution is -0.122. The van der Waals surface area contributed by atoms with E-state index in [1.165, 1.54) is 19.2 Å². The number of nitrogens with zero attached hydrogens (tertiary/aromatic N) is 3. The zero-order chi connectivity index (χ0) is 33.9. The zero-order valence-electron chi connectivity index (χ0n) is 26.5. The first-order chi connectivity index (χ1) is 22.4. The average Bonchev–Trinajstić information content (AvgIpc) is 3.01. The molecule has 1 saturated heterocycles. The molecule has 0 bridgehead atoms. The number of hydrogen-bond donors (Lipinski definition) is 2. The molecule has 10 nitrogen and oxygen atoms in total. The molecular weight excluding hydrogens is 608 g/mol. The van der Waals surface area contributed by atoms with Crippen LogP contribution in [0.25, 0.3) is 33.2 Å². The van der Waals surface area contributed by atoms with Gasteiger partial charge in [0.15, 0.2) is 6.79 Å². The number of halogens is 2. The molecule has 12 heteroatoms. The van der Waals surface area contributed by atoms with Crippen molar-refractivity contribution in [2.75, 3.05) is 31.9 Å². The lowest BCUT2D eigenvalue weighted by Crippen LogP contribution is -2.55. The summed E-state index contributed by atoms with van der Waals surface area (Å²) in [6.45, 7) is 5.58. The quantitative estimate of drug-likeness (QED) is 0.226. The van der Waals surface area contributed by atoms with Crippen molar-refractivity contribution in [2.45, 2.75) is 38.8 Å². The van der Waals surface area contributed by atoms with Gasteiger partial charge in [0.2, 0.25) is 5.91 Å². The van der Waals surface area contributed by atoms with Gasteiger partial charge in [0.05, 0.1) is 22.7 Å². The number of nitriles is 1. The van der Waals surface area contributed by atoms with Crippen LogP contribution in [-0.4, -0.2) is 55.6 Å². The third-order valence-corrected chi connectivity index (χ3v) is 7.78. The number of carbonyl (C=O) groups is 2. The van der Waals surface area contributed by atoms with Crippen molar-refractivity contribution in [3.63, 3.8) is 0 Å². The number of alkyl carbamates (subject to hydrolysis) is 1. The first kappa shape index (κ1) is 33.1. The predicted octanol–water partition coefficient (Wildman–Crippen LogP) is 5.91. The predicted molar refractivity (Wildman–Crippen MR) is 172 cm³/mol. The highest BCUT2D eigenvalue weighted by Gasteiger charge is 2.36. The van der Waals surface area contributed by atoms with E-state index in [0.717, 1.165) is 6.07 Å². The summed E-state index contributed by atoms with van der Waals surface area (Å²) < 4.78 is 45.4. The number of ether oxygens (including phenoxy) is 3. The van der Waals surface area contributed by atoms with Crippen LogP contribution in [0.4, 0.5) is 19.3 Å². The van der Waals surface area contributed by atoms with Gasteiger partial charge in [-0.2, -0.15) is 5.26 Å². The highest BCUT2D eigenvalue weighted by Crippen LogP contribution is 2.42. The minimum atomic E-state index is -0.818. The lowest BCUT2D eigenvalue weighted by Gasteiger charge is -2.40. The number of primary amides is 1. The number of amides is 2. The van der Waals surface area contributed by atoms with Crippen molar-refractivity contribution in [2.24, 2.45) is 11.7 Å². The molecule has 0 unspecified atom stereocenters. The Bertz CT molecular complexity index is 1850. The maximum Gasteiger partial charge on any atom is 0.407 e. The summed E-state index contributed by atoms with van der Waals surface area (Å²) in [6.07, 6.45) is 1.20. The third kappa shape index (κ3) is 7.42. The van der Waals surface area contributed by atoms with Crippen LogP contribution < -0.4 is 20.7 Å². The van der Waals surface area contributed by atoms with E-state index < -0.39 is 41.2 Å². The number of piperidine rings is 1. The molecule has 0 aliphatic carbocycles. The van der Waals surface area contributed by atoms with E-state index in [0.29, 0.717) is 57.6 Å². The van der Waals surface area contributed by atoms with E-state index in [1.54, 1.807) is 45.2 Å². The summed E-state index contributed by atoms with van der Waals surface area (Å²) >= 11 is 0. The third-order valence-electron chi connectivity index (χ3n) is 7.78. The van der Waals surface area contributed by atoms with Gasteiger partial charge >= 0.3 is 6.09 Å². The molecule has 1 aromatic heterocycles. The van der Waals surface area contributed by atoms with Gasteiger partial charge in [0.25, 0.3) is 0 Å². The molecule has 47 heavy (non-hydrogen) atoms. The number of anilines is 1. The number of pyridine rings is 1. The Balaban J connectivity index is 1.66. The topological polar surface area (TPSA) is 140 Å². The second kappa shape index (κ2) is 13.6. The van der Waals surface area contributed by atoms with Gasteiger partial charge in [-0.3, -0.25) is 9.78 Å². The van der Waals surface area contributed by atoms with E-state index in [-0.39, 0.29) is 18.9 Å². The van der Waals surface area contributed by atoms with E-state index >= 15 is 0 Å². The molecule has 2 amide bonds. The second-order valence-corrected chi connectivity index (χ2v) is 12.3. The van der Waals surface area contributed by atoms with Crippen LogP contribution in [0.15, 0.2) is 60.8 Å². The van der Waals surface area contributed by atoms with E-state index in [9.17, 15) is 23.6 Å². The largest absolute Gasteiger partial charge is 0.466 e. The molecule has 0 radical (unpaired) electrons. The molecule has 1 aliphatic heterocycles. The molecule has 3 N–H and O–H groups in total. The van der Waals surface area contributed by atoms with Gasteiger partial charge in [-0.05, 0) is 68.7 Å². The normalized spacial score (nSPS) is 16.4. The van der Waals surface area contributed by atoms with Crippen molar-refractivity contribution in [3.8, 4) is 34.1 Å². The van der Waals surface area contributed by atoms with Crippen molar-refractivity contribution in [1.29, 1.82) is 5.26 Å². The number of hydrogen-bond acceptors (Lipinski definition) is 8. The molecule has 0 saturated carbocycles. The molecule has 5 rings (SSSR count). The average molecular weight is 644 g/mol. The first-order valence-corrected chi connectivity index (χ1v) is 15.0. The van der Waals surface area contributed by atoms with Gasteiger partial charge in [0.1, 0.15) is 29.1 Å². The second-order valence-electron chi connectivity index (χ2n) is 12.3.